The molecular formula is C30H35F3N4O4. The maximum absolute atomic E-state index is 14.1. The van der Waals surface area contributed by atoms with Crippen LogP contribution in [-0.2, 0) is 9.53 Å². The zero-order valence-corrected chi connectivity index (χ0v) is 23.6. The standard InChI is InChI=1S/C30H35F3N4O4/c1-17(2)18-6-8-20(9-7-18)26(38)24-25(19-10-13-22(14-11-19)40-30(31,32)33)37(23(36)15-12-21(35)16-34)28(39)27(24)41-29(3,4)5/h6-15,17,25H,16,34-36H2,1-5H3/b21-12-,23-15+. The first-order valence-corrected chi connectivity index (χ1v) is 12.9. The largest absolute Gasteiger partial charge is 0.573 e. The van der Waals surface area contributed by atoms with Gasteiger partial charge in [-0.05, 0) is 62.1 Å². The second-order valence-electron chi connectivity index (χ2n) is 10.8. The van der Waals surface area contributed by atoms with Crippen molar-refractivity contribution >= 4 is 11.7 Å². The molecule has 220 valence electrons. The Morgan fingerprint density at radius 2 is 1.56 bits per heavy atom. The lowest BCUT2D eigenvalue weighted by Gasteiger charge is -2.27. The number of hydrogen-bond acceptors (Lipinski definition) is 7. The predicted molar refractivity (Wildman–Crippen MR) is 149 cm³/mol. The van der Waals surface area contributed by atoms with E-state index in [1.54, 1.807) is 32.9 Å². The summed E-state index contributed by atoms with van der Waals surface area (Å²) < 4.78 is 48.4. The number of Topliss-reactive ketones (excluding diaryl/α,β-unsaturated/α-hetero) is 1. The molecular weight excluding hydrogens is 537 g/mol. The summed E-state index contributed by atoms with van der Waals surface area (Å²) in [5.41, 5.74) is 18.7. The van der Waals surface area contributed by atoms with E-state index in [0.29, 0.717) is 11.1 Å². The summed E-state index contributed by atoms with van der Waals surface area (Å²) in [6.07, 6.45) is -2.10. The minimum Gasteiger partial charge on any atom is -0.482 e. The number of ether oxygens (including phenoxy) is 2. The van der Waals surface area contributed by atoms with Gasteiger partial charge < -0.3 is 26.7 Å². The van der Waals surface area contributed by atoms with E-state index >= 15 is 0 Å². The maximum atomic E-state index is 14.1. The fourth-order valence-corrected chi connectivity index (χ4v) is 4.18. The van der Waals surface area contributed by atoms with Crippen LogP contribution in [0.5, 0.6) is 5.75 Å². The van der Waals surface area contributed by atoms with Crippen LogP contribution in [0.1, 0.15) is 68.1 Å². The van der Waals surface area contributed by atoms with Gasteiger partial charge in [-0.2, -0.15) is 0 Å². The summed E-state index contributed by atoms with van der Waals surface area (Å²) in [5, 5.41) is 0. The van der Waals surface area contributed by atoms with Crippen molar-refractivity contribution < 1.29 is 32.2 Å². The summed E-state index contributed by atoms with van der Waals surface area (Å²) in [6, 6.07) is 10.7. The molecule has 1 amide bonds. The van der Waals surface area contributed by atoms with Crippen molar-refractivity contribution in [1.82, 2.24) is 4.90 Å². The van der Waals surface area contributed by atoms with Crippen LogP contribution in [0.4, 0.5) is 13.2 Å². The van der Waals surface area contributed by atoms with Gasteiger partial charge in [-0.3, -0.25) is 14.5 Å². The molecule has 0 bridgehead atoms. The normalized spacial score (nSPS) is 17.0. The Bertz CT molecular complexity index is 1370. The molecule has 0 spiro atoms. The number of allylic oxidation sites excluding steroid dienone is 2. The van der Waals surface area contributed by atoms with Crippen molar-refractivity contribution in [2.24, 2.45) is 17.2 Å². The van der Waals surface area contributed by atoms with Gasteiger partial charge in [-0.15, -0.1) is 13.2 Å². The van der Waals surface area contributed by atoms with Gasteiger partial charge in [0.15, 0.2) is 11.5 Å². The van der Waals surface area contributed by atoms with Gasteiger partial charge in [0.05, 0.1) is 11.6 Å². The summed E-state index contributed by atoms with van der Waals surface area (Å²) in [4.78, 5) is 29.1. The first-order valence-electron chi connectivity index (χ1n) is 12.9. The molecule has 0 saturated heterocycles. The average Bonchev–Trinajstić information content (AvgIpc) is 3.16. The van der Waals surface area contributed by atoms with E-state index in [1.165, 1.54) is 24.3 Å². The van der Waals surface area contributed by atoms with Crippen molar-refractivity contribution in [2.75, 3.05) is 6.54 Å². The lowest BCUT2D eigenvalue weighted by Crippen LogP contribution is -2.35. The molecule has 0 aliphatic carbocycles. The fourth-order valence-electron chi connectivity index (χ4n) is 4.18. The number of hydrogen-bond donors (Lipinski definition) is 3. The van der Waals surface area contributed by atoms with Crippen LogP contribution in [0, 0.1) is 0 Å². The quantitative estimate of drug-likeness (QED) is 0.280. The highest BCUT2D eigenvalue weighted by molar-refractivity contribution is 6.16. The molecule has 1 aliphatic rings. The Labute approximate surface area is 237 Å². The SMILES string of the molecule is CC(C)c1ccc(C(=O)C2=C(OC(C)(C)C)C(=O)N(/C(N)=C/C=C(\N)CN)C2c2ccc(OC(F)(F)F)cc2)cc1. The van der Waals surface area contributed by atoms with Gasteiger partial charge in [-0.25, -0.2) is 0 Å². The topological polar surface area (TPSA) is 134 Å². The third kappa shape index (κ3) is 7.69. The summed E-state index contributed by atoms with van der Waals surface area (Å²) in [5.74, 6) is -1.74. The summed E-state index contributed by atoms with van der Waals surface area (Å²) in [7, 11) is 0. The lowest BCUT2D eigenvalue weighted by molar-refractivity contribution is -0.274. The zero-order valence-electron chi connectivity index (χ0n) is 23.6. The zero-order chi connectivity index (χ0) is 30.7. The minimum absolute atomic E-state index is 0.0150. The predicted octanol–water partition coefficient (Wildman–Crippen LogP) is 5.15. The Balaban J connectivity index is 2.24. The van der Waals surface area contributed by atoms with Crippen LogP contribution in [0.15, 0.2) is 83.5 Å². The molecule has 0 fully saturated rings. The molecule has 11 heteroatoms. The van der Waals surface area contributed by atoms with Gasteiger partial charge in [0.25, 0.3) is 5.91 Å². The number of benzene rings is 2. The molecule has 1 aliphatic heterocycles. The Hall–Kier alpha value is -4.25. The van der Waals surface area contributed by atoms with E-state index < -0.39 is 35.4 Å². The van der Waals surface area contributed by atoms with Crippen LogP contribution >= 0.6 is 0 Å². The first kappa shape index (κ1) is 31.3. The van der Waals surface area contributed by atoms with Gasteiger partial charge >= 0.3 is 6.36 Å². The Kier molecular flexibility index (Phi) is 9.23. The molecule has 2 aromatic carbocycles. The van der Waals surface area contributed by atoms with Crippen molar-refractivity contribution in [3.63, 3.8) is 0 Å². The molecule has 3 rings (SSSR count). The van der Waals surface area contributed by atoms with Crippen LogP contribution in [-0.4, -0.2) is 35.1 Å². The smallest absolute Gasteiger partial charge is 0.482 e. The molecule has 1 unspecified atom stereocenters. The van der Waals surface area contributed by atoms with Gasteiger partial charge in [0.2, 0.25) is 0 Å². The van der Waals surface area contributed by atoms with E-state index in [-0.39, 0.29) is 35.3 Å². The maximum Gasteiger partial charge on any atom is 0.573 e. The number of rotatable bonds is 9. The molecule has 0 saturated carbocycles. The number of alkyl halides is 3. The number of nitrogens with zero attached hydrogens (tertiary/aromatic N) is 1. The Morgan fingerprint density at radius 1 is 0.976 bits per heavy atom. The highest BCUT2D eigenvalue weighted by Gasteiger charge is 2.47. The van der Waals surface area contributed by atoms with Crippen LogP contribution in [0.3, 0.4) is 0 Å². The van der Waals surface area contributed by atoms with Crippen molar-refractivity contribution in [1.29, 1.82) is 0 Å². The lowest BCUT2D eigenvalue weighted by atomic mass is 9.91. The number of amides is 1. The molecule has 1 heterocycles. The van der Waals surface area contributed by atoms with Crippen LogP contribution in [0.25, 0.3) is 0 Å². The monoisotopic (exact) mass is 572 g/mol. The van der Waals surface area contributed by atoms with Gasteiger partial charge in [0.1, 0.15) is 17.2 Å². The fraction of sp³-hybridized carbons (Fsp3) is 0.333. The molecule has 8 nitrogen and oxygen atoms in total. The van der Waals surface area contributed by atoms with E-state index in [2.05, 4.69) is 4.74 Å². The highest BCUT2D eigenvalue weighted by Crippen LogP contribution is 2.43. The van der Waals surface area contributed by atoms with E-state index in [0.717, 1.165) is 22.6 Å². The third-order valence-electron chi connectivity index (χ3n) is 6.09. The van der Waals surface area contributed by atoms with Gasteiger partial charge in [0, 0.05) is 17.8 Å². The third-order valence-corrected chi connectivity index (χ3v) is 6.09. The van der Waals surface area contributed by atoms with Crippen LogP contribution in [0.2, 0.25) is 0 Å². The molecule has 2 aromatic rings. The number of ketones is 1. The van der Waals surface area contributed by atoms with Crippen LogP contribution < -0.4 is 21.9 Å². The molecule has 6 N–H and O–H groups in total. The first-order chi connectivity index (χ1) is 19.0. The number of carbonyl (C=O) groups excluding carboxylic acids is 2. The van der Waals surface area contributed by atoms with Crippen molar-refractivity contribution in [3.8, 4) is 5.75 Å². The van der Waals surface area contributed by atoms with Gasteiger partial charge in [-0.1, -0.05) is 50.2 Å². The summed E-state index contributed by atoms with van der Waals surface area (Å²) >= 11 is 0. The molecule has 0 aromatic heterocycles. The number of nitrogens with two attached hydrogens (primary N) is 3. The van der Waals surface area contributed by atoms with Crippen molar-refractivity contribution in [2.45, 2.75) is 58.5 Å². The van der Waals surface area contributed by atoms with E-state index in [9.17, 15) is 22.8 Å². The molecule has 1 atom stereocenters. The second-order valence-corrected chi connectivity index (χ2v) is 10.8. The molecule has 41 heavy (non-hydrogen) atoms. The summed E-state index contributed by atoms with van der Waals surface area (Å²) in [6.45, 7) is 9.23. The number of carbonyl (C=O) groups is 2. The highest BCUT2D eigenvalue weighted by atomic mass is 19.4. The minimum atomic E-state index is -4.89. The number of halogens is 3. The van der Waals surface area contributed by atoms with E-state index in [1.807, 2.05) is 26.0 Å². The Morgan fingerprint density at radius 3 is 2.05 bits per heavy atom. The average molecular weight is 573 g/mol. The second kappa shape index (κ2) is 12.1. The van der Waals surface area contributed by atoms with E-state index in [4.69, 9.17) is 21.9 Å². The molecule has 0 radical (unpaired) electrons. The van der Waals surface area contributed by atoms with Crippen molar-refractivity contribution in [3.05, 3.63) is 100 Å².